The molecule has 4 rings (SSSR count). The van der Waals surface area contributed by atoms with Crippen molar-refractivity contribution in [2.45, 2.75) is 12.3 Å². The Balaban J connectivity index is 1.46. The summed E-state index contributed by atoms with van der Waals surface area (Å²) < 4.78 is 0. The van der Waals surface area contributed by atoms with Gasteiger partial charge in [0.05, 0.1) is 0 Å². The summed E-state index contributed by atoms with van der Waals surface area (Å²) in [5, 5.41) is 0. The lowest BCUT2D eigenvalue weighted by Gasteiger charge is -2.17. The predicted molar refractivity (Wildman–Crippen MR) is 102 cm³/mol. The SMILES string of the molecule is O=C(c1ccc(-c2ccccc2)cc1)N1CC[C@@H](c2ccccc2)C1. The zero-order valence-corrected chi connectivity index (χ0v) is 14.1. The average molecular weight is 327 g/mol. The number of hydrogen-bond acceptors (Lipinski definition) is 1. The monoisotopic (exact) mass is 327 g/mol. The van der Waals surface area contributed by atoms with Crippen LogP contribution >= 0.6 is 0 Å². The van der Waals surface area contributed by atoms with E-state index >= 15 is 0 Å². The maximum Gasteiger partial charge on any atom is 0.253 e. The Morgan fingerprint density at radius 2 is 1.36 bits per heavy atom. The van der Waals surface area contributed by atoms with E-state index in [9.17, 15) is 4.79 Å². The number of rotatable bonds is 3. The number of nitrogens with zero attached hydrogens (tertiary/aromatic N) is 1. The minimum Gasteiger partial charge on any atom is -0.338 e. The Morgan fingerprint density at radius 1 is 0.760 bits per heavy atom. The lowest BCUT2D eigenvalue weighted by Crippen LogP contribution is -2.28. The highest BCUT2D eigenvalue weighted by Crippen LogP contribution is 2.28. The lowest BCUT2D eigenvalue weighted by molar-refractivity contribution is 0.0791. The Hall–Kier alpha value is -2.87. The molecule has 1 saturated heterocycles. The molecule has 1 aliphatic rings. The first-order valence-corrected chi connectivity index (χ1v) is 8.81. The maximum atomic E-state index is 12.8. The molecule has 0 unspecified atom stereocenters. The van der Waals surface area contributed by atoms with Crippen molar-refractivity contribution in [1.29, 1.82) is 0 Å². The number of hydrogen-bond donors (Lipinski definition) is 0. The molecule has 2 heteroatoms. The Kier molecular flexibility index (Phi) is 4.34. The van der Waals surface area contributed by atoms with Gasteiger partial charge in [-0.1, -0.05) is 72.8 Å². The molecule has 25 heavy (non-hydrogen) atoms. The topological polar surface area (TPSA) is 20.3 Å². The third kappa shape index (κ3) is 3.34. The molecule has 0 spiro atoms. The van der Waals surface area contributed by atoms with Crippen LogP contribution in [0.3, 0.4) is 0 Å². The molecule has 0 saturated carbocycles. The van der Waals surface area contributed by atoms with E-state index in [1.54, 1.807) is 0 Å². The normalized spacial score (nSPS) is 16.8. The molecule has 1 amide bonds. The summed E-state index contributed by atoms with van der Waals surface area (Å²) >= 11 is 0. The third-order valence-corrected chi connectivity index (χ3v) is 4.99. The molecule has 3 aromatic carbocycles. The molecule has 1 atom stereocenters. The molecule has 3 aromatic rings. The lowest BCUT2D eigenvalue weighted by atomic mass is 9.99. The number of benzene rings is 3. The highest BCUT2D eigenvalue weighted by Gasteiger charge is 2.27. The van der Waals surface area contributed by atoms with Gasteiger partial charge in [0.1, 0.15) is 0 Å². The van der Waals surface area contributed by atoms with Crippen LogP contribution in [0.4, 0.5) is 0 Å². The molecule has 1 heterocycles. The molecular formula is C23H21NO. The van der Waals surface area contributed by atoms with Gasteiger partial charge in [-0.05, 0) is 35.2 Å². The fraction of sp³-hybridized carbons (Fsp3) is 0.174. The number of carbonyl (C=O) groups excluding carboxylic acids is 1. The quantitative estimate of drug-likeness (QED) is 0.664. The second-order valence-corrected chi connectivity index (χ2v) is 6.59. The highest BCUT2D eigenvalue weighted by molar-refractivity contribution is 5.95. The van der Waals surface area contributed by atoms with Gasteiger partial charge < -0.3 is 4.90 Å². The summed E-state index contributed by atoms with van der Waals surface area (Å²) in [6.07, 6.45) is 1.04. The predicted octanol–water partition coefficient (Wildman–Crippen LogP) is 4.98. The van der Waals surface area contributed by atoms with Crippen LogP contribution in [-0.4, -0.2) is 23.9 Å². The molecule has 1 aliphatic heterocycles. The van der Waals surface area contributed by atoms with E-state index in [-0.39, 0.29) is 5.91 Å². The summed E-state index contributed by atoms with van der Waals surface area (Å²) in [6, 6.07) is 28.7. The molecular weight excluding hydrogens is 306 g/mol. The second-order valence-electron chi connectivity index (χ2n) is 6.59. The summed E-state index contributed by atoms with van der Waals surface area (Å²) in [5.41, 5.74) is 4.41. The smallest absolute Gasteiger partial charge is 0.253 e. The van der Waals surface area contributed by atoms with Crippen LogP contribution in [-0.2, 0) is 0 Å². The van der Waals surface area contributed by atoms with Gasteiger partial charge in [-0.15, -0.1) is 0 Å². The van der Waals surface area contributed by atoms with Gasteiger partial charge in [-0.2, -0.15) is 0 Å². The number of likely N-dealkylation sites (tertiary alicyclic amines) is 1. The van der Waals surface area contributed by atoms with Crippen LogP contribution in [0.15, 0.2) is 84.9 Å². The van der Waals surface area contributed by atoms with Crippen LogP contribution in [0.1, 0.15) is 28.3 Å². The van der Waals surface area contributed by atoms with Crippen molar-refractivity contribution in [3.8, 4) is 11.1 Å². The third-order valence-electron chi connectivity index (χ3n) is 4.99. The van der Waals surface area contributed by atoms with Crippen molar-refractivity contribution in [3.05, 3.63) is 96.1 Å². The van der Waals surface area contributed by atoms with Crippen molar-refractivity contribution in [2.24, 2.45) is 0 Å². The van der Waals surface area contributed by atoms with Crippen LogP contribution < -0.4 is 0 Å². The zero-order valence-electron chi connectivity index (χ0n) is 14.1. The van der Waals surface area contributed by atoms with E-state index in [0.717, 1.165) is 30.6 Å². The van der Waals surface area contributed by atoms with Crippen LogP contribution in [0.25, 0.3) is 11.1 Å². The number of amides is 1. The first-order valence-electron chi connectivity index (χ1n) is 8.81. The summed E-state index contributed by atoms with van der Waals surface area (Å²) in [6.45, 7) is 1.64. The van der Waals surface area contributed by atoms with Crippen molar-refractivity contribution >= 4 is 5.91 Å². The van der Waals surface area contributed by atoms with Gasteiger partial charge in [0.15, 0.2) is 0 Å². The van der Waals surface area contributed by atoms with E-state index in [2.05, 4.69) is 36.4 Å². The van der Waals surface area contributed by atoms with Gasteiger partial charge in [0.25, 0.3) is 5.91 Å². The summed E-state index contributed by atoms with van der Waals surface area (Å²) in [7, 11) is 0. The minimum atomic E-state index is 0.137. The molecule has 0 bridgehead atoms. The van der Waals surface area contributed by atoms with Gasteiger partial charge in [-0.3, -0.25) is 4.79 Å². The van der Waals surface area contributed by atoms with Crippen molar-refractivity contribution in [3.63, 3.8) is 0 Å². The largest absolute Gasteiger partial charge is 0.338 e. The minimum absolute atomic E-state index is 0.137. The van der Waals surface area contributed by atoms with E-state index in [1.165, 1.54) is 11.1 Å². The van der Waals surface area contributed by atoms with Crippen molar-refractivity contribution < 1.29 is 4.79 Å². The van der Waals surface area contributed by atoms with Gasteiger partial charge in [0, 0.05) is 24.6 Å². The van der Waals surface area contributed by atoms with Crippen LogP contribution in [0.5, 0.6) is 0 Å². The first-order chi connectivity index (χ1) is 12.3. The van der Waals surface area contributed by atoms with E-state index < -0.39 is 0 Å². The summed E-state index contributed by atoms with van der Waals surface area (Å²) in [4.78, 5) is 14.8. The molecule has 0 aliphatic carbocycles. The zero-order chi connectivity index (χ0) is 17.1. The van der Waals surface area contributed by atoms with Gasteiger partial charge in [-0.25, -0.2) is 0 Å². The highest BCUT2D eigenvalue weighted by atomic mass is 16.2. The molecule has 0 N–H and O–H groups in total. The second kappa shape index (κ2) is 6.94. The van der Waals surface area contributed by atoms with E-state index in [4.69, 9.17) is 0 Å². The van der Waals surface area contributed by atoms with E-state index in [1.807, 2.05) is 53.4 Å². The molecule has 0 aromatic heterocycles. The molecule has 1 fully saturated rings. The molecule has 124 valence electrons. The van der Waals surface area contributed by atoms with Gasteiger partial charge >= 0.3 is 0 Å². The Morgan fingerprint density at radius 3 is 2.04 bits per heavy atom. The fourth-order valence-electron chi connectivity index (χ4n) is 3.56. The Bertz CT molecular complexity index is 840. The number of carbonyl (C=O) groups is 1. The Labute approximate surface area is 148 Å². The van der Waals surface area contributed by atoms with Crippen molar-refractivity contribution in [1.82, 2.24) is 4.90 Å². The standard InChI is InChI=1S/C23H21NO/c25-23(24-16-15-22(17-24)19-9-5-2-6-10-19)21-13-11-20(12-14-21)18-7-3-1-4-8-18/h1-14,22H,15-17H2/t22-/m1/s1. The van der Waals surface area contributed by atoms with E-state index in [0.29, 0.717) is 5.92 Å². The van der Waals surface area contributed by atoms with Gasteiger partial charge in [0.2, 0.25) is 0 Å². The fourth-order valence-corrected chi connectivity index (χ4v) is 3.56. The van der Waals surface area contributed by atoms with Crippen LogP contribution in [0.2, 0.25) is 0 Å². The molecule has 0 radical (unpaired) electrons. The maximum absolute atomic E-state index is 12.8. The average Bonchev–Trinajstić information content (AvgIpc) is 3.19. The summed E-state index contributed by atoms with van der Waals surface area (Å²) in [5.74, 6) is 0.590. The van der Waals surface area contributed by atoms with Crippen LogP contribution in [0, 0.1) is 0 Å². The first kappa shape index (κ1) is 15.6. The molecule has 2 nitrogen and oxygen atoms in total. The van der Waals surface area contributed by atoms with Crippen molar-refractivity contribution in [2.75, 3.05) is 13.1 Å².